The van der Waals surface area contributed by atoms with E-state index in [1.165, 1.54) is 10.9 Å². The summed E-state index contributed by atoms with van der Waals surface area (Å²) in [7, 11) is 0. The zero-order chi connectivity index (χ0) is 14.6. The Morgan fingerprint density at radius 1 is 1.25 bits per heavy atom. The third-order valence-electron chi connectivity index (χ3n) is 4.06. The molecule has 0 saturated carbocycles. The summed E-state index contributed by atoms with van der Waals surface area (Å²) in [6, 6.07) is 10.5. The van der Waals surface area contributed by atoms with Crippen LogP contribution in [-0.2, 0) is 6.54 Å². The van der Waals surface area contributed by atoms with E-state index in [-0.39, 0.29) is 12.1 Å². The third-order valence-corrected chi connectivity index (χ3v) is 4.06. The number of aryl methyl sites for hydroxylation is 1. The fraction of sp³-hybridized carbons (Fsp3) is 0.471. The van der Waals surface area contributed by atoms with Gasteiger partial charge < -0.3 is 10.4 Å². The maximum atomic E-state index is 9.15. The molecule has 1 aromatic heterocycles. The standard InChI is InChI=1S/C17H24N2O/c1-4-17(3,9-10-20)18-12-14-6-8-16-15(11-14)7-5-13(2)19-16/h5-8,11,18,20H,4,9-10,12H2,1-3H3. The number of pyridine rings is 1. The van der Waals surface area contributed by atoms with Crippen molar-refractivity contribution in [3.63, 3.8) is 0 Å². The lowest BCUT2D eigenvalue weighted by Crippen LogP contribution is -2.42. The average Bonchev–Trinajstić information content (AvgIpc) is 2.45. The first-order valence-corrected chi connectivity index (χ1v) is 7.28. The van der Waals surface area contributed by atoms with Crippen LogP contribution >= 0.6 is 0 Å². The van der Waals surface area contributed by atoms with Crippen molar-refractivity contribution in [3.05, 3.63) is 41.6 Å². The number of rotatable bonds is 6. The van der Waals surface area contributed by atoms with Crippen LogP contribution in [-0.4, -0.2) is 22.2 Å². The summed E-state index contributed by atoms with van der Waals surface area (Å²) in [5, 5.41) is 13.9. The molecule has 108 valence electrons. The van der Waals surface area contributed by atoms with Gasteiger partial charge in [-0.3, -0.25) is 4.98 Å². The van der Waals surface area contributed by atoms with Gasteiger partial charge in [-0.25, -0.2) is 0 Å². The molecule has 1 atom stereocenters. The lowest BCUT2D eigenvalue weighted by atomic mass is 9.94. The van der Waals surface area contributed by atoms with Gasteiger partial charge in [0, 0.05) is 29.8 Å². The molecule has 2 rings (SSSR count). The van der Waals surface area contributed by atoms with Gasteiger partial charge in [0.1, 0.15) is 0 Å². The molecule has 0 amide bonds. The molecular weight excluding hydrogens is 248 g/mol. The number of aliphatic hydroxyl groups excluding tert-OH is 1. The van der Waals surface area contributed by atoms with Gasteiger partial charge >= 0.3 is 0 Å². The maximum Gasteiger partial charge on any atom is 0.0705 e. The number of aromatic nitrogens is 1. The van der Waals surface area contributed by atoms with Gasteiger partial charge in [-0.05, 0) is 50.5 Å². The van der Waals surface area contributed by atoms with Crippen molar-refractivity contribution in [2.75, 3.05) is 6.61 Å². The van der Waals surface area contributed by atoms with Gasteiger partial charge in [0.05, 0.1) is 5.52 Å². The van der Waals surface area contributed by atoms with Crippen LogP contribution in [0, 0.1) is 6.92 Å². The number of nitrogens with zero attached hydrogens (tertiary/aromatic N) is 1. The van der Waals surface area contributed by atoms with E-state index in [1.54, 1.807) is 0 Å². The molecule has 2 N–H and O–H groups in total. The predicted octanol–water partition coefficient (Wildman–Crippen LogP) is 3.18. The molecule has 3 nitrogen and oxygen atoms in total. The van der Waals surface area contributed by atoms with Crippen LogP contribution in [0.1, 0.15) is 37.9 Å². The molecule has 3 heteroatoms. The highest BCUT2D eigenvalue weighted by atomic mass is 16.3. The minimum Gasteiger partial charge on any atom is -0.396 e. The lowest BCUT2D eigenvalue weighted by Gasteiger charge is -2.29. The Labute approximate surface area is 121 Å². The first-order chi connectivity index (χ1) is 9.56. The maximum absolute atomic E-state index is 9.15. The predicted molar refractivity (Wildman–Crippen MR) is 83.7 cm³/mol. The minimum absolute atomic E-state index is 0.00473. The Bertz CT molecular complexity index is 582. The van der Waals surface area contributed by atoms with Crippen molar-refractivity contribution in [1.29, 1.82) is 0 Å². The zero-order valence-corrected chi connectivity index (χ0v) is 12.6. The van der Waals surface area contributed by atoms with Gasteiger partial charge in [0.25, 0.3) is 0 Å². The van der Waals surface area contributed by atoms with Gasteiger partial charge in [0.2, 0.25) is 0 Å². The lowest BCUT2D eigenvalue weighted by molar-refractivity contribution is 0.214. The van der Waals surface area contributed by atoms with Crippen LogP contribution in [0.15, 0.2) is 30.3 Å². The summed E-state index contributed by atoms with van der Waals surface area (Å²) >= 11 is 0. The molecule has 0 aliphatic rings. The third kappa shape index (κ3) is 3.56. The van der Waals surface area contributed by atoms with Gasteiger partial charge in [-0.2, -0.15) is 0 Å². The molecule has 1 aromatic carbocycles. The molecular formula is C17H24N2O. The monoisotopic (exact) mass is 272 g/mol. The molecule has 0 aliphatic carbocycles. The number of hydrogen-bond acceptors (Lipinski definition) is 3. The second-order valence-electron chi connectivity index (χ2n) is 5.72. The number of fused-ring (bicyclic) bond motifs is 1. The Balaban J connectivity index is 2.12. The Hall–Kier alpha value is -1.45. The van der Waals surface area contributed by atoms with Crippen LogP contribution in [0.5, 0.6) is 0 Å². The van der Waals surface area contributed by atoms with Crippen molar-refractivity contribution in [2.45, 2.75) is 45.7 Å². The van der Waals surface area contributed by atoms with E-state index < -0.39 is 0 Å². The molecule has 0 fully saturated rings. The number of benzene rings is 1. The fourth-order valence-electron chi connectivity index (χ4n) is 2.34. The summed E-state index contributed by atoms with van der Waals surface area (Å²) in [6.45, 7) is 7.35. The van der Waals surface area contributed by atoms with E-state index in [0.717, 1.165) is 30.6 Å². The molecule has 2 aromatic rings. The van der Waals surface area contributed by atoms with Crippen LogP contribution in [0.3, 0.4) is 0 Å². The molecule has 0 bridgehead atoms. The van der Waals surface area contributed by atoms with Crippen molar-refractivity contribution in [1.82, 2.24) is 10.3 Å². The Morgan fingerprint density at radius 2 is 2.05 bits per heavy atom. The first kappa shape index (κ1) is 14.9. The van der Waals surface area contributed by atoms with Crippen LogP contribution in [0.4, 0.5) is 0 Å². The summed E-state index contributed by atoms with van der Waals surface area (Å²) < 4.78 is 0. The summed E-state index contributed by atoms with van der Waals surface area (Å²) in [5.41, 5.74) is 3.34. The minimum atomic E-state index is -0.00473. The van der Waals surface area contributed by atoms with Crippen molar-refractivity contribution < 1.29 is 5.11 Å². The van der Waals surface area contributed by atoms with E-state index in [2.05, 4.69) is 48.4 Å². The fourth-order valence-corrected chi connectivity index (χ4v) is 2.34. The normalized spacial score (nSPS) is 14.4. The van der Waals surface area contributed by atoms with Crippen molar-refractivity contribution in [2.24, 2.45) is 0 Å². The molecule has 20 heavy (non-hydrogen) atoms. The van der Waals surface area contributed by atoms with Crippen LogP contribution < -0.4 is 5.32 Å². The smallest absolute Gasteiger partial charge is 0.0705 e. The average molecular weight is 272 g/mol. The van der Waals surface area contributed by atoms with Crippen LogP contribution in [0.25, 0.3) is 10.9 Å². The molecule has 1 unspecified atom stereocenters. The zero-order valence-electron chi connectivity index (χ0n) is 12.6. The number of hydrogen-bond donors (Lipinski definition) is 2. The van der Waals surface area contributed by atoms with E-state index in [4.69, 9.17) is 5.11 Å². The van der Waals surface area contributed by atoms with Gasteiger partial charge in [0.15, 0.2) is 0 Å². The molecule has 0 radical (unpaired) electrons. The Kier molecular flexibility index (Phi) is 4.73. The summed E-state index contributed by atoms with van der Waals surface area (Å²) in [6.07, 6.45) is 1.78. The number of aliphatic hydroxyl groups is 1. The molecule has 0 aliphatic heterocycles. The van der Waals surface area contributed by atoms with E-state index in [0.29, 0.717) is 0 Å². The molecule has 0 saturated heterocycles. The van der Waals surface area contributed by atoms with E-state index >= 15 is 0 Å². The van der Waals surface area contributed by atoms with Gasteiger partial charge in [-0.15, -0.1) is 0 Å². The van der Waals surface area contributed by atoms with E-state index in [9.17, 15) is 0 Å². The highest BCUT2D eigenvalue weighted by molar-refractivity contribution is 5.79. The number of nitrogens with one attached hydrogen (secondary N) is 1. The summed E-state index contributed by atoms with van der Waals surface area (Å²) in [4.78, 5) is 4.52. The van der Waals surface area contributed by atoms with Gasteiger partial charge in [-0.1, -0.05) is 19.1 Å². The molecule has 0 spiro atoms. The van der Waals surface area contributed by atoms with Crippen LogP contribution in [0.2, 0.25) is 0 Å². The highest BCUT2D eigenvalue weighted by Gasteiger charge is 2.20. The largest absolute Gasteiger partial charge is 0.396 e. The summed E-state index contributed by atoms with van der Waals surface area (Å²) in [5.74, 6) is 0. The Morgan fingerprint density at radius 3 is 2.75 bits per heavy atom. The van der Waals surface area contributed by atoms with Crippen molar-refractivity contribution in [3.8, 4) is 0 Å². The second kappa shape index (κ2) is 6.33. The highest BCUT2D eigenvalue weighted by Crippen LogP contribution is 2.18. The van der Waals surface area contributed by atoms with E-state index in [1.807, 2.05) is 13.0 Å². The quantitative estimate of drug-likeness (QED) is 0.849. The van der Waals surface area contributed by atoms with Crippen molar-refractivity contribution >= 4 is 10.9 Å². The molecule has 1 heterocycles. The second-order valence-corrected chi connectivity index (χ2v) is 5.72. The SMILES string of the molecule is CCC(C)(CCO)NCc1ccc2nc(C)ccc2c1. The first-order valence-electron chi connectivity index (χ1n) is 7.28. The topological polar surface area (TPSA) is 45.1 Å².